The maximum Gasteiger partial charge on any atom is 0.255 e. The van der Waals surface area contributed by atoms with Gasteiger partial charge in [0.2, 0.25) is 0 Å². The Kier molecular flexibility index (Phi) is 5.12. The zero-order valence-corrected chi connectivity index (χ0v) is 15.9. The van der Waals surface area contributed by atoms with E-state index < -0.39 is 0 Å². The van der Waals surface area contributed by atoms with Crippen LogP contribution in [-0.4, -0.2) is 17.1 Å². The topological polar surface area (TPSA) is 68.1 Å². The number of fused-ring (bicyclic) bond motifs is 1. The minimum absolute atomic E-state index is 0.137. The van der Waals surface area contributed by atoms with Crippen LogP contribution < -0.4 is 16.0 Å². The molecular formula is C20H27ClN2O2. The third-order valence-electron chi connectivity index (χ3n) is 6.04. The lowest BCUT2D eigenvalue weighted by Crippen LogP contribution is -2.47. The Hall–Kier alpha value is -1.52. The second-order valence-electron chi connectivity index (χ2n) is 7.67. The second-order valence-corrected chi connectivity index (χ2v) is 8.08. The van der Waals surface area contributed by atoms with Gasteiger partial charge in [0.25, 0.3) is 5.56 Å². The Morgan fingerprint density at radius 3 is 2.56 bits per heavy atom. The van der Waals surface area contributed by atoms with Crippen molar-refractivity contribution in [3.05, 3.63) is 39.8 Å². The number of benzene rings is 1. The van der Waals surface area contributed by atoms with Gasteiger partial charge < -0.3 is 15.5 Å². The summed E-state index contributed by atoms with van der Waals surface area (Å²) in [6, 6.07) is 5.60. The normalized spacial score (nSPS) is 25.3. The van der Waals surface area contributed by atoms with E-state index in [9.17, 15) is 4.79 Å². The van der Waals surface area contributed by atoms with E-state index >= 15 is 0 Å². The third kappa shape index (κ3) is 3.42. The Labute approximate surface area is 153 Å². The third-order valence-corrected chi connectivity index (χ3v) is 6.34. The van der Waals surface area contributed by atoms with E-state index in [-0.39, 0.29) is 23.1 Å². The molecule has 1 aliphatic rings. The lowest BCUT2D eigenvalue weighted by molar-refractivity contribution is 0.0312. The van der Waals surface area contributed by atoms with Crippen LogP contribution in [0.3, 0.4) is 0 Å². The van der Waals surface area contributed by atoms with Crippen molar-refractivity contribution in [3.8, 4) is 5.75 Å². The van der Waals surface area contributed by atoms with Gasteiger partial charge in [0, 0.05) is 17.6 Å². The van der Waals surface area contributed by atoms with Gasteiger partial charge in [-0.3, -0.25) is 4.79 Å². The number of aromatic amines is 1. The van der Waals surface area contributed by atoms with Gasteiger partial charge in [0.15, 0.2) is 0 Å². The van der Waals surface area contributed by atoms with Crippen molar-refractivity contribution < 1.29 is 4.74 Å². The molecule has 1 aromatic carbocycles. The molecule has 1 aliphatic carbocycles. The number of H-pyrrole nitrogens is 1. The van der Waals surface area contributed by atoms with Gasteiger partial charge in [-0.1, -0.05) is 25.4 Å². The monoisotopic (exact) mass is 362 g/mol. The zero-order valence-electron chi connectivity index (χ0n) is 15.1. The van der Waals surface area contributed by atoms with Crippen molar-refractivity contribution >= 4 is 22.4 Å². The summed E-state index contributed by atoms with van der Waals surface area (Å²) in [6.45, 7) is 6.66. The van der Waals surface area contributed by atoms with Crippen LogP contribution in [0.1, 0.15) is 46.5 Å². The highest BCUT2D eigenvalue weighted by molar-refractivity contribution is 6.32. The lowest BCUT2D eigenvalue weighted by atomic mass is 9.63. The van der Waals surface area contributed by atoms with Gasteiger partial charge in [-0.2, -0.15) is 0 Å². The fourth-order valence-electron chi connectivity index (χ4n) is 4.26. The van der Waals surface area contributed by atoms with E-state index in [0.29, 0.717) is 22.1 Å². The number of nitrogens with two attached hydrogens (primary N) is 1. The van der Waals surface area contributed by atoms with Gasteiger partial charge in [0.1, 0.15) is 5.75 Å². The minimum Gasteiger partial charge on any atom is -0.489 e. The lowest BCUT2D eigenvalue weighted by Gasteiger charge is -2.46. The SMILES string of the molecule is CC(C)C1(C(C)N)CCC(Oc2cc3cc[nH]c(=O)c3cc2Cl)CC1. The number of halogens is 1. The molecule has 3 N–H and O–H groups in total. The molecule has 3 rings (SSSR count). The average Bonchev–Trinajstić information content (AvgIpc) is 2.57. The van der Waals surface area contributed by atoms with Crippen molar-refractivity contribution in [3.63, 3.8) is 0 Å². The second kappa shape index (κ2) is 7.00. The largest absolute Gasteiger partial charge is 0.489 e. The molecule has 0 aliphatic heterocycles. The summed E-state index contributed by atoms with van der Waals surface area (Å²) >= 11 is 6.35. The first-order valence-corrected chi connectivity index (χ1v) is 9.44. The van der Waals surface area contributed by atoms with E-state index in [1.165, 1.54) is 0 Å². The number of pyridine rings is 1. The highest BCUT2D eigenvalue weighted by Gasteiger charge is 2.41. The van der Waals surface area contributed by atoms with Crippen LogP contribution in [0.4, 0.5) is 0 Å². The Bertz CT molecular complexity index is 795. The highest BCUT2D eigenvalue weighted by atomic mass is 35.5. The van der Waals surface area contributed by atoms with Gasteiger partial charge in [-0.25, -0.2) is 0 Å². The summed E-state index contributed by atoms with van der Waals surface area (Å²) in [5.74, 6) is 1.21. The molecule has 0 saturated heterocycles. The number of hydrogen-bond donors (Lipinski definition) is 2. The van der Waals surface area contributed by atoms with Crippen molar-refractivity contribution in [1.82, 2.24) is 4.98 Å². The summed E-state index contributed by atoms with van der Waals surface area (Å²) in [5.41, 5.74) is 6.37. The molecule has 1 unspecified atom stereocenters. The molecule has 1 fully saturated rings. The maximum absolute atomic E-state index is 11.9. The van der Waals surface area contributed by atoms with Crippen molar-refractivity contribution in [1.29, 1.82) is 0 Å². The minimum atomic E-state index is -0.137. The average molecular weight is 363 g/mol. The first kappa shape index (κ1) is 18.3. The number of nitrogens with one attached hydrogen (secondary N) is 1. The molecule has 0 bridgehead atoms. The van der Waals surface area contributed by atoms with E-state index in [0.717, 1.165) is 31.1 Å². The molecule has 25 heavy (non-hydrogen) atoms. The van der Waals surface area contributed by atoms with E-state index in [1.54, 1.807) is 12.3 Å². The number of hydrogen-bond acceptors (Lipinski definition) is 3. The molecule has 0 spiro atoms. The number of rotatable bonds is 4. The predicted molar refractivity (Wildman–Crippen MR) is 103 cm³/mol. The van der Waals surface area contributed by atoms with Gasteiger partial charge in [-0.15, -0.1) is 0 Å². The summed E-state index contributed by atoms with van der Waals surface area (Å²) in [7, 11) is 0. The molecular weight excluding hydrogens is 336 g/mol. The van der Waals surface area contributed by atoms with E-state index in [2.05, 4.69) is 25.8 Å². The Morgan fingerprint density at radius 1 is 1.28 bits per heavy atom. The Balaban J connectivity index is 1.77. The molecule has 1 saturated carbocycles. The first-order valence-electron chi connectivity index (χ1n) is 9.06. The number of aromatic nitrogens is 1. The van der Waals surface area contributed by atoms with E-state index in [1.807, 2.05) is 12.1 Å². The van der Waals surface area contributed by atoms with Gasteiger partial charge in [-0.05, 0) is 67.5 Å². The van der Waals surface area contributed by atoms with Crippen LogP contribution in [0.5, 0.6) is 5.75 Å². The fourth-order valence-corrected chi connectivity index (χ4v) is 4.47. The van der Waals surface area contributed by atoms with Crippen LogP contribution in [0.2, 0.25) is 5.02 Å². The summed E-state index contributed by atoms with van der Waals surface area (Å²) in [5, 5.41) is 1.91. The molecule has 1 heterocycles. The predicted octanol–water partition coefficient (Wildman–Crippen LogP) is 4.49. The molecule has 2 aromatic rings. The number of ether oxygens (including phenoxy) is 1. The van der Waals surface area contributed by atoms with Gasteiger partial charge in [0.05, 0.1) is 11.1 Å². The van der Waals surface area contributed by atoms with Crippen LogP contribution >= 0.6 is 11.6 Å². The molecule has 4 nitrogen and oxygen atoms in total. The fraction of sp³-hybridized carbons (Fsp3) is 0.550. The first-order chi connectivity index (χ1) is 11.8. The van der Waals surface area contributed by atoms with E-state index in [4.69, 9.17) is 22.1 Å². The standard InChI is InChI=1S/C20H27ClN2O2/c1-12(2)20(13(3)22)7-4-15(5-8-20)25-18-10-14-6-9-23-19(24)16(14)11-17(18)21/h6,9-13,15H,4-5,7-8,22H2,1-3H3,(H,23,24). The highest BCUT2D eigenvalue weighted by Crippen LogP contribution is 2.45. The smallest absolute Gasteiger partial charge is 0.255 e. The molecule has 1 aromatic heterocycles. The quantitative estimate of drug-likeness (QED) is 0.841. The molecule has 0 radical (unpaired) electrons. The molecule has 136 valence electrons. The summed E-state index contributed by atoms with van der Waals surface area (Å²) in [4.78, 5) is 14.5. The maximum atomic E-state index is 11.9. The van der Waals surface area contributed by atoms with Crippen molar-refractivity contribution in [2.75, 3.05) is 0 Å². The van der Waals surface area contributed by atoms with Gasteiger partial charge >= 0.3 is 0 Å². The van der Waals surface area contributed by atoms with Crippen LogP contribution in [0, 0.1) is 11.3 Å². The summed E-state index contributed by atoms with van der Waals surface area (Å²) in [6.07, 6.45) is 5.87. The molecule has 5 heteroatoms. The van der Waals surface area contributed by atoms with Crippen LogP contribution in [0.25, 0.3) is 10.8 Å². The van der Waals surface area contributed by atoms with Crippen LogP contribution in [-0.2, 0) is 0 Å². The van der Waals surface area contributed by atoms with Crippen LogP contribution in [0.15, 0.2) is 29.2 Å². The molecule has 0 amide bonds. The van der Waals surface area contributed by atoms with Crippen molar-refractivity contribution in [2.45, 2.75) is 58.6 Å². The zero-order chi connectivity index (χ0) is 18.2. The summed E-state index contributed by atoms with van der Waals surface area (Å²) < 4.78 is 6.20. The Morgan fingerprint density at radius 2 is 1.96 bits per heavy atom. The molecule has 1 atom stereocenters. The van der Waals surface area contributed by atoms with Crippen molar-refractivity contribution in [2.24, 2.45) is 17.1 Å².